The lowest BCUT2D eigenvalue weighted by molar-refractivity contribution is 0.372. The Labute approximate surface area is 109 Å². The number of halogens is 2. The van der Waals surface area contributed by atoms with E-state index in [1.54, 1.807) is 18.2 Å². The maximum atomic E-state index is 5.92. The van der Waals surface area contributed by atoms with Gasteiger partial charge in [-0.1, -0.05) is 28.4 Å². The van der Waals surface area contributed by atoms with Gasteiger partial charge in [-0.2, -0.15) is 4.98 Å². The van der Waals surface area contributed by atoms with Crippen LogP contribution in [0.2, 0.25) is 10.0 Å². The van der Waals surface area contributed by atoms with E-state index >= 15 is 0 Å². The molecule has 4 nitrogen and oxygen atoms in total. The van der Waals surface area contributed by atoms with Crippen molar-refractivity contribution in [1.29, 1.82) is 0 Å². The molecule has 1 aromatic heterocycles. The van der Waals surface area contributed by atoms with Crippen LogP contribution in [0.1, 0.15) is 12.8 Å². The van der Waals surface area contributed by atoms with Gasteiger partial charge in [-0.3, -0.25) is 0 Å². The van der Waals surface area contributed by atoms with Gasteiger partial charge in [0, 0.05) is 18.0 Å². The third kappa shape index (κ3) is 2.97. The summed E-state index contributed by atoms with van der Waals surface area (Å²) in [6.07, 6.45) is 0.550. The van der Waals surface area contributed by atoms with Crippen LogP contribution in [0.4, 0.5) is 0 Å². The summed E-state index contributed by atoms with van der Waals surface area (Å²) in [5.74, 6) is 1.00. The molecule has 1 heterocycles. The third-order valence-electron chi connectivity index (χ3n) is 2.14. The van der Waals surface area contributed by atoms with Crippen LogP contribution in [0.15, 0.2) is 22.7 Å². The molecule has 1 atom stereocenters. The standard InChI is InChI=1S/C11H11Cl2N3O/c1-6(14)4-10-15-11(16-17-10)7-2-3-8(12)9(13)5-7/h2-3,5-6H,4,14H2,1H3. The van der Waals surface area contributed by atoms with Gasteiger partial charge >= 0.3 is 0 Å². The quantitative estimate of drug-likeness (QED) is 0.932. The highest BCUT2D eigenvalue weighted by Crippen LogP contribution is 2.27. The van der Waals surface area contributed by atoms with Crippen molar-refractivity contribution in [2.45, 2.75) is 19.4 Å². The molecule has 0 spiro atoms. The molecule has 0 saturated carbocycles. The molecule has 0 fully saturated rings. The maximum Gasteiger partial charge on any atom is 0.228 e. The molecule has 1 unspecified atom stereocenters. The number of aromatic nitrogens is 2. The van der Waals surface area contributed by atoms with E-state index in [1.165, 1.54) is 0 Å². The summed E-state index contributed by atoms with van der Waals surface area (Å²) in [5.41, 5.74) is 6.41. The van der Waals surface area contributed by atoms with Gasteiger partial charge in [0.25, 0.3) is 0 Å². The summed E-state index contributed by atoms with van der Waals surface area (Å²) in [7, 11) is 0. The van der Waals surface area contributed by atoms with Gasteiger partial charge in [0.2, 0.25) is 11.7 Å². The maximum absolute atomic E-state index is 5.92. The number of rotatable bonds is 3. The second-order valence-electron chi connectivity index (χ2n) is 3.82. The highest BCUT2D eigenvalue weighted by Gasteiger charge is 2.11. The molecule has 1 aromatic carbocycles. The first-order chi connectivity index (χ1) is 8.06. The van der Waals surface area contributed by atoms with Gasteiger partial charge in [0.1, 0.15) is 0 Å². The minimum atomic E-state index is -0.0166. The lowest BCUT2D eigenvalue weighted by Gasteiger charge is -1.98. The largest absolute Gasteiger partial charge is 0.339 e. The number of hydrogen-bond acceptors (Lipinski definition) is 4. The molecule has 0 aliphatic carbocycles. The Morgan fingerprint density at radius 1 is 1.35 bits per heavy atom. The Kier molecular flexibility index (Phi) is 3.66. The van der Waals surface area contributed by atoms with Crippen LogP contribution in [0.5, 0.6) is 0 Å². The second-order valence-corrected chi connectivity index (χ2v) is 4.64. The molecule has 2 aromatic rings. The minimum Gasteiger partial charge on any atom is -0.339 e. The third-order valence-corrected chi connectivity index (χ3v) is 2.88. The van der Waals surface area contributed by atoms with Crippen molar-refractivity contribution in [3.8, 4) is 11.4 Å². The normalized spacial score (nSPS) is 12.7. The van der Waals surface area contributed by atoms with Gasteiger partial charge in [-0.15, -0.1) is 0 Å². The van der Waals surface area contributed by atoms with Crippen LogP contribution in [-0.2, 0) is 6.42 Å². The molecule has 0 aliphatic rings. The number of nitrogens with two attached hydrogens (primary N) is 1. The Morgan fingerprint density at radius 2 is 2.12 bits per heavy atom. The lowest BCUT2D eigenvalue weighted by Crippen LogP contribution is -2.17. The minimum absolute atomic E-state index is 0.0166. The van der Waals surface area contributed by atoms with Crippen molar-refractivity contribution in [3.05, 3.63) is 34.1 Å². The van der Waals surface area contributed by atoms with E-state index in [-0.39, 0.29) is 6.04 Å². The number of hydrogen-bond donors (Lipinski definition) is 1. The number of nitrogens with zero attached hydrogens (tertiary/aromatic N) is 2. The SMILES string of the molecule is CC(N)Cc1nc(-c2ccc(Cl)c(Cl)c2)no1. The first-order valence-corrected chi connectivity index (χ1v) is 5.85. The first kappa shape index (κ1) is 12.4. The Hall–Kier alpha value is -1.10. The van der Waals surface area contributed by atoms with Crippen LogP contribution in [-0.4, -0.2) is 16.2 Å². The monoisotopic (exact) mass is 271 g/mol. The summed E-state index contributed by atoms with van der Waals surface area (Å²) in [5, 5.41) is 4.82. The molecular formula is C11H11Cl2N3O. The van der Waals surface area contributed by atoms with E-state index in [0.717, 1.165) is 5.56 Å². The van der Waals surface area contributed by atoms with E-state index in [0.29, 0.717) is 28.2 Å². The Balaban J connectivity index is 2.27. The predicted molar refractivity (Wildman–Crippen MR) is 67.1 cm³/mol. The zero-order valence-electron chi connectivity index (χ0n) is 9.15. The van der Waals surface area contributed by atoms with Crippen LogP contribution in [0.25, 0.3) is 11.4 Å². The molecule has 2 rings (SSSR count). The van der Waals surface area contributed by atoms with Crippen LogP contribution < -0.4 is 5.73 Å². The van der Waals surface area contributed by atoms with E-state index in [2.05, 4.69) is 10.1 Å². The lowest BCUT2D eigenvalue weighted by atomic mass is 10.2. The van der Waals surface area contributed by atoms with Crippen molar-refractivity contribution < 1.29 is 4.52 Å². The fraction of sp³-hybridized carbons (Fsp3) is 0.273. The smallest absolute Gasteiger partial charge is 0.228 e. The molecule has 0 radical (unpaired) electrons. The summed E-state index contributed by atoms with van der Waals surface area (Å²) < 4.78 is 5.08. The zero-order valence-corrected chi connectivity index (χ0v) is 10.7. The fourth-order valence-corrected chi connectivity index (χ4v) is 1.66. The topological polar surface area (TPSA) is 64.9 Å². The van der Waals surface area contributed by atoms with Gasteiger partial charge in [-0.05, 0) is 25.1 Å². The van der Waals surface area contributed by atoms with Gasteiger partial charge in [0.05, 0.1) is 10.0 Å². The van der Waals surface area contributed by atoms with E-state index in [4.69, 9.17) is 33.5 Å². The average Bonchev–Trinajstić information content (AvgIpc) is 2.69. The summed E-state index contributed by atoms with van der Waals surface area (Å²) >= 11 is 11.7. The zero-order chi connectivity index (χ0) is 12.4. The van der Waals surface area contributed by atoms with Gasteiger partial charge < -0.3 is 10.3 Å². The summed E-state index contributed by atoms with van der Waals surface area (Å²) in [6, 6.07) is 5.16. The Bertz CT molecular complexity index is 525. The van der Waals surface area contributed by atoms with Crippen molar-refractivity contribution in [2.24, 2.45) is 5.73 Å². The summed E-state index contributed by atoms with van der Waals surface area (Å²) in [6.45, 7) is 1.88. The fourth-order valence-electron chi connectivity index (χ4n) is 1.37. The Morgan fingerprint density at radius 3 is 2.76 bits per heavy atom. The van der Waals surface area contributed by atoms with Crippen molar-refractivity contribution in [1.82, 2.24) is 10.1 Å². The molecule has 0 amide bonds. The molecule has 90 valence electrons. The molecule has 2 N–H and O–H groups in total. The first-order valence-electron chi connectivity index (χ1n) is 5.10. The van der Waals surface area contributed by atoms with Gasteiger partial charge in [-0.25, -0.2) is 0 Å². The molecular weight excluding hydrogens is 261 g/mol. The van der Waals surface area contributed by atoms with Crippen molar-refractivity contribution in [3.63, 3.8) is 0 Å². The predicted octanol–water partition coefficient (Wildman–Crippen LogP) is 2.93. The van der Waals surface area contributed by atoms with E-state index in [1.807, 2.05) is 6.92 Å². The molecule has 17 heavy (non-hydrogen) atoms. The summed E-state index contributed by atoms with van der Waals surface area (Å²) in [4.78, 5) is 4.23. The van der Waals surface area contributed by atoms with Crippen LogP contribution >= 0.6 is 23.2 Å². The second kappa shape index (κ2) is 5.04. The number of benzene rings is 1. The average molecular weight is 272 g/mol. The highest BCUT2D eigenvalue weighted by molar-refractivity contribution is 6.42. The van der Waals surface area contributed by atoms with Crippen LogP contribution in [0.3, 0.4) is 0 Å². The van der Waals surface area contributed by atoms with Crippen molar-refractivity contribution >= 4 is 23.2 Å². The molecule has 0 aliphatic heterocycles. The molecule has 0 bridgehead atoms. The van der Waals surface area contributed by atoms with E-state index in [9.17, 15) is 0 Å². The van der Waals surface area contributed by atoms with Crippen LogP contribution in [0, 0.1) is 0 Å². The van der Waals surface area contributed by atoms with Crippen molar-refractivity contribution in [2.75, 3.05) is 0 Å². The molecule has 0 saturated heterocycles. The highest BCUT2D eigenvalue weighted by atomic mass is 35.5. The van der Waals surface area contributed by atoms with E-state index < -0.39 is 0 Å². The van der Waals surface area contributed by atoms with Gasteiger partial charge in [0.15, 0.2) is 0 Å². The molecule has 6 heteroatoms.